The number of nitrogens with one attached hydrogen (secondary N) is 2. The van der Waals surface area contributed by atoms with E-state index in [2.05, 4.69) is 24.1 Å². The van der Waals surface area contributed by atoms with Gasteiger partial charge in [0.25, 0.3) is 0 Å². The third kappa shape index (κ3) is 4.28. The van der Waals surface area contributed by atoms with E-state index in [1.165, 1.54) is 6.07 Å². The van der Waals surface area contributed by atoms with E-state index in [-0.39, 0.29) is 12.0 Å². The number of nitrogens with zero attached hydrogens (tertiary/aromatic N) is 1. The van der Waals surface area contributed by atoms with E-state index in [9.17, 15) is 4.39 Å². The lowest BCUT2D eigenvalue weighted by Crippen LogP contribution is -2.50. The zero-order valence-corrected chi connectivity index (χ0v) is 14.4. The number of hydrogen-bond acceptors (Lipinski definition) is 4. The summed E-state index contributed by atoms with van der Waals surface area (Å²) in [4.78, 5) is 4.05. The quantitative estimate of drug-likeness (QED) is 0.477. The van der Waals surface area contributed by atoms with E-state index in [0.29, 0.717) is 18.2 Å². The molecular weight excluding hydrogens is 293 g/mol. The summed E-state index contributed by atoms with van der Waals surface area (Å²) < 4.78 is 19.5. The van der Waals surface area contributed by atoms with Gasteiger partial charge in [0.2, 0.25) is 5.95 Å². The molecule has 128 valence electrons. The van der Waals surface area contributed by atoms with E-state index in [4.69, 9.17) is 10.1 Å². The average Bonchev–Trinajstić information content (AvgIpc) is 2.55. The van der Waals surface area contributed by atoms with Crippen molar-refractivity contribution in [2.45, 2.75) is 58.0 Å². The molecule has 2 N–H and O–H groups in total. The number of hydrogen-bond donors (Lipinski definition) is 2. The van der Waals surface area contributed by atoms with Gasteiger partial charge >= 0.3 is 0 Å². The summed E-state index contributed by atoms with van der Waals surface area (Å²) in [6, 6.07) is 4.79. The molecule has 0 bridgehead atoms. The van der Waals surface area contributed by atoms with Crippen LogP contribution in [0.3, 0.4) is 0 Å². The van der Waals surface area contributed by atoms with Gasteiger partial charge in [-0.1, -0.05) is 26.3 Å². The summed E-state index contributed by atoms with van der Waals surface area (Å²) >= 11 is 0. The van der Waals surface area contributed by atoms with Crippen molar-refractivity contribution < 1.29 is 9.13 Å². The highest BCUT2D eigenvalue weighted by Gasteiger charge is 2.42. The molecule has 1 aromatic rings. The minimum atomic E-state index is -0.663. The Morgan fingerprint density at radius 1 is 1.48 bits per heavy atom. The van der Waals surface area contributed by atoms with E-state index < -0.39 is 11.4 Å². The Morgan fingerprint density at radius 2 is 2.26 bits per heavy atom. The zero-order valence-electron chi connectivity index (χ0n) is 14.4. The lowest BCUT2D eigenvalue weighted by molar-refractivity contribution is 0.149. The number of ether oxygens (including phenoxy) is 1. The SMILES string of the molecule is CCC(C)CC(C)OC(=N)C1(c2cccc(F)n2)CCCNC1. The van der Waals surface area contributed by atoms with Crippen molar-refractivity contribution in [2.75, 3.05) is 13.1 Å². The molecule has 5 heteroatoms. The highest BCUT2D eigenvalue weighted by atomic mass is 19.1. The summed E-state index contributed by atoms with van der Waals surface area (Å²) in [5.41, 5.74) is -0.0743. The molecule has 0 amide bonds. The highest BCUT2D eigenvalue weighted by molar-refractivity contribution is 5.85. The second kappa shape index (κ2) is 7.86. The maximum atomic E-state index is 13.6. The first-order chi connectivity index (χ1) is 11.0. The fourth-order valence-corrected chi connectivity index (χ4v) is 3.20. The first-order valence-corrected chi connectivity index (χ1v) is 8.57. The minimum Gasteiger partial charge on any atom is -0.477 e. The summed E-state index contributed by atoms with van der Waals surface area (Å²) in [7, 11) is 0. The third-order valence-electron chi connectivity index (χ3n) is 4.77. The Hall–Kier alpha value is -1.49. The normalized spacial score (nSPS) is 24.0. The predicted octanol–water partition coefficient (Wildman–Crippen LogP) is 3.66. The Bertz CT molecular complexity index is 529. The van der Waals surface area contributed by atoms with Crippen molar-refractivity contribution in [3.05, 3.63) is 29.8 Å². The van der Waals surface area contributed by atoms with E-state index in [0.717, 1.165) is 32.2 Å². The van der Waals surface area contributed by atoms with Crippen LogP contribution in [0.5, 0.6) is 0 Å². The van der Waals surface area contributed by atoms with Crippen molar-refractivity contribution in [1.82, 2.24) is 10.3 Å². The van der Waals surface area contributed by atoms with Crippen molar-refractivity contribution >= 4 is 5.90 Å². The number of rotatable bonds is 6. The first kappa shape index (κ1) is 17.9. The molecular formula is C18H28FN3O. The largest absolute Gasteiger partial charge is 0.477 e. The Morgan fingerprint density at radius 3 is 2.87 bits per heavy atom. The number of halogens is 1. The van der Waals surface area contributed by atoms with Gasteiger partial charge in [0.15, 0.2) is 5.90 Å². The van der Waals surface area contributed by atoms with E-state index in [1.807, 2.05) is 6.92 Å². The third-order valence-corrected chi connectivity index (χ3v) is 4.77. The summed E-state index contributed by atoms with van der Waals surface area (Å²) in [6.45, 7) is 7.83. The molecule has 0 saturated carbocycles. The lowest BCUT2D eigenvalue weighted by Gasteiger charge is -2.38. The Kier molecular flexibility index (Phi) is 6.10. The number of aromatic nitrogens is 1. The molecule has 3 atom stereocenters. The predicted molar refractivity (Wildman–Crippen MR) is 90.3 cm³/mol. The molecule has 1 aliphatic heterocycles. The number of piperidine rings is 1. The molecule has 0 aliphatic carbocycles. The molecule has 1 aliphatic rings. The van der Waals surface area contributed by atoms with Gasteiger partial charge in [-0.25, -0.2) is 4.98 Å². The Labute approximate surface area is 138 Å². The minimum absolute atomic E-state index is 0.0233. The van der Waals surface area contributed by atoms with Gasteiger partial charge in [-0.3, -0.25) is 5.41 Å². The van der Waals surface area contributed by atoms with Crippen LogP contribution in [0.2, 0.25) is 0 Å². The second-order valence-corrected chi connectivity index (χ2v) is 6.71. The van der Waals surface area contributed by atoms with Crippen LogP contribution in [-0.2, 0) is 10.2 Å². The van der Waals surface area contributed by atoms with Crippen LogP contribution in [-0.4, -0.2) is 30.1 Å². The van der Waals surface area contributed by atoms with Gasteiger partial charge in [-0.05, 0) is 50.8 Å². The van der Waals surface area contributed by atoms with Crippen LogP contribution in [0.15, 0.2) is 18.2 Å². The molecule has 4 nitrogen and oxygen atoms in total. The van der Waals surface area contributed by atoms with Gasteiger partial charge in [0.05, 0.1) is 11.8 Å². The maximum Gasteiger partial charge on any atom is 0.213 e. The smallest absolute Gasteiger partial charge is 0.213 e. The van der Waals surface area contributed by atoms with Crippen LogP contribution in [0, 0.1) is 17.3 Å². The van der Waals surface area contributed by atoms with Crippen LogP contribution in [0.25, 0.3) is 0 Å². The van der Waals surface area contributed by atoms with Gasteiger partial charge in [0, 0.05) is 6.54 Å². The molecule has 1 aromatic heterocycles. The fourth-order valence-electron chi connectivity index (χ4n) is 3.20. The summed E-state index contributed by atoms with van der Waals surface area (Å²) in [6.07, 6.45) is 3.66. The van der Waals surface area contributed by atoms with E-state index in [1.54, 1.807) is 12.1 Å². The lowest BCUT2D eigenvalue weighted by atomic mass is 9.77. The molecule has 1 fully saturated rings. The van der Waals surface area contributed by atoms with Gasteiger partial charge in [-0.2, -0.15) is 4.39 Å². The maximum absolute atomic E-state index is 13.6. The molecule has 0 aromatic carbocycles. The summed E-state index contributed by atoms with van der Waals surface area (Å²) in [5, 5.41) is 11.9. The molecule has 23 heavy (non-hydrogen) atoms. The standard InChI is InChI=1S/C18H28FN3O/c1-4-13(2)11-14(3)23-17(20)18(9-6-10-21-12-18)15-7-5-8-16(19)22-15/h5,7-8,13-14,20-21H,4,6,9-12H2,1-3H3. The molecule has 0 spiro atoms. The summed E-state index contributed by atoms with van der Waals surface area (Å²) in [5.74, 6) is 0.261. The number of pyridine rings is 1. The van der Waals surface area contributed by atoms with Crippen molar-refractivity contribution in [1.29, 1.82) is 5.41 Å². The zero-order chi connectivity index (χ0) is 16.9. The molecule has 0 radical (unpaired) electrons. The van der Waals surface area contributed by atoms with E-state index >= 15 is 0 Å². The van der Waals surface area contributed by atoms with Crippen molar-refractivity contribution in [3.63, 3.8) is 0 Å². The van der Waals surface area contributed by atoms with Crippen LogP contribution >= 0.6 is 0 Å². The first-order valence-electron chi connectivity index (χ1n) is 8.57. The molecule has 1 saturated heterocycles. The molecule has 2 rings (SSSR count). The Balaban J connectivity index is 2.19. The van der Waals surface area contributed by atoms with Crippen molar-refractivity contribution in [3.8, 4) is 0 Å². The molecule has 2 heterocycles. The van der Waals surface area contributed by atoms with Crippen LogP contribution < -0.4 is 5.32 Å². The molecule has 3 unspecified atom stereocenters. The van der Waals surface area contributed by atoms with Gasteiger partial charge < -0.3 is 10.1 Å². The topological polar surface area (TPSA) is 58.0 Å². The monoisotopic (exact) mass is 321 g/mol. The van der Waals surface area contributed by atoms with Gasteiger partial charge in [0.1, 0.15) is 5.41 Å². The van der Waals surface area contributed by atoms with Gasteiger partial charge in [-0.15, -0.1) is 0 Å². The van der Waals surface area contributed by atoms with Crippen LogP contribution in [0.1, 0.15) is 52.1 Å². The van der Waals surface area contributed by atoms with Crippen LogP contribution in [0.4, 0.5) is 4.39 Å². The highest BCUT2D eigenvalue weighted by Crippen LogP contribution is 2.32. The van der Waals surface area contributed by atoms with Crippen molar-refractivity contribution in [2.24, 2.45) is 5.92 Å². The second-order valence-electron chi connectivity index (χ2n) is 6.71. The average molecular weight is 321 g/mol. The fraction of sp³-hybridized carbons (Fsp3) is 0.667.